The molecule has 1 unspecified atom stereocenters. The van der Waals surface area contributed by atoms with Crippen molar-refractivity contribution in [3.8, 4) is 0 Å². The lowest BCUT2D eigenvalue weighted by molar-refractivity contribution is -0.384. The molecule has 0 aliphatic heterocycles. The summed E-state index contributed by atoms with van der Waals surface area (Å²) in [6.07, 6.45) is 0.684. The van der Waals surface area contributed by atoms with Gasteiger partial charge in [0.1, 0.15) is 11.1 Å². The monoisotopic (exact) mass is 448 g/mol. The summed E-state index contributed by atoms with van der Waals surface area (Å²) < 4.78 is 4.95. The zero-order valence-electron chi connectivity index (χ0n) is 17.3. The number of methoxy groups -OCH3 is 1. The van der Waals surface area contributed by atoms with Gasteiger partial charge in [-0.1, -0.05) is 41.9 Å². The summed E-state index contributed by atoms with van der Waals surface area (Å²) in [6, 6.07) is 12.2. The molecule has 0 heterocycles. The van der Waals surface area contributed by atoms with Crippen molar-refractivity contribution < 1.29 is 19.2 Å². The highest BCUT2D eigenvalue weighted by atomic mass is 35.5. The molecule has 2 aromatic carbocycles. The number of hydrogen-bond acceptors (Lipinski definition) is 6. The summed E-state index contributed by atoms with van der Waals surface area (Å²) in [5, 5.41) is 16.6. The molecule has 1 atom stereocenters. The Bertz CT molecular complexity index is 910. The first-order valence-corrected chi connectivity index (χ1v) is 9.97. The van der Waals surface area contributed by atoms with E-state index in [2.05, 4.69) is 10.6 Å². The zero-order valence-corrected chi connectivity index (χ0v) is 18.1. The second-order valence-corrected chi connectivity index (χ2v) is 7.24. The van der Waals surface area contributed by atoms with Crippen molar-refractivity contribution in [3.63, 3.8) is 0 Å². The largest absolute Gasteiger partial charge is 0.385 e. The summed E-state index contributed by atoms with van der Waals surface area (Å²) >= 11 is 5.84. The molecule has 10 heteroatoms. The average molecular weight is 449 g/mol. The van der Waals surface area contributed by atoms with E-state index in [0.29, 0.717) is 25.1 Å². The van der Waals surface area contributed by atoms with E-state index < -0.39 is 16.9 Å². The molecule has 9 nitrogen and oxygen atoms in total. The zero-order chi connectivity index (χ0) is 22.8. The minimum absolute atomic E-state index is 0.0132. The summed E-state index contributed by atoms with van der Waals surface area (Å²) in [5.41, 5.74) is 0.608. The molecule has 2 amide bonds. The smallest absolute Gasteiger partial charge is 0.289 e. The maximum Gasteiger partial charge on any atom is 0.289 e. The number of nitro benzene ring substituents is 1. The molecule has 0 fully saturated rings. The van der Waals surface area contributed by atoms with Gasteiger partial charge in [-0.15, -0.1) is 0 Å². The van der Waals surface area contributed by atoms with Gasteiger partial charge in [0.25, 0.3) is 5.69 Å². The van der Waals surface area contributed by atoms with E-state index in [1.165, 1.54) is 18.2 Å². The van der Waals surface area contributed by atoms with Gasteiger partial charge in [-0.25, -0.2) is 0 Å². The van der Waals surface area contributed by atoms with Crippen LogP contribution in [0.15, 0.2) is 48.5 Å². The van der Waals surface area contributed by atoms with Crippen molar-refractivity contribution in [2.24, 2.45) is 0 Å². The van der Waals surface area contributed by atoms with Crippen molar-refractivity contribution in [3.05, 3.63) is 69.2 Å². The summed E-state index contributed by atoms with van der Waals surface area (Å²) in [6.45, 7) is 0.996. The number of carbonyl (C=O) groups excluding carboxylic acids is 2. The Morgan fingerprint density at radius 2 is 1.94 bits per heavy atom. The van der Waals surface area contributed by atoms with Gasteiger partial charge in [-0.2, -0.15) is 0 Å². The van der Waals surface area contributed by atoms with Crippen LogP contribution in [0, 0.1) is 10.1 Å². The van der Waals surface area contributed by atoms with E-state index in [9.17, 15) is 19.7 Å². The summed E-state index contributed by atoms with van der Waals surface area (Å²) in [4.78, 5) is 37.5. The van der Waals surface area contributed by atoms with Gasteiger partial charge in [-0.05, 0) is 31.2 Å². The Kier molecular flexibility index (Phi) is 9.39. The second-order valence-electron chi connectivity index (χ2n) is 6.84. The van der Waals surface area contributed by atoms with Crippen LogP contribution in [0.4, 0.5) is 11.4 Å². The van der Waals surface area contributed by atoms with Crippen LogP contribution in [0.1, 0.15) is 18.0 Å². The predicted molar refractivity (Wildman–Crippen MR) is 118 cm³/mol. The molecule has 31 heavy (non-hydrogen) atoms. The third kappa shape index (κ3) is 7.32. The Morgan fingerprint density at radius 3 is 2.58 bits per heavy atom. The molecule has 0 radical (unpaired) electrons. The molecule has 0 aromatic heterocycles. The number of carbonyl (C=O) groups is 2. The number of nitro groups is 1. The van der Waals surface area contributed by atoms with Crippen LogP contribution in [0.5, 0.6) is 0 Å². The van der Waals surface area contributed by atoms with E-state index >= 15 is 0 Å². The van der Waals surface area contributed by atoms with E-state index in [4.69, 9.17) is 16.3 Å². The molecule has 2 N–H and O–H groups in total. The van der Waals surface area contributed by atoms with E-state index in [1.54, 1.807) is 43.3 Å². The van der Waals surface area contributed by atoms with Crippen molar-refractivity contribution in [2.75, 3.05) is 39.2 Å². The second kappa shape index (κ2) is 12.0. The topological polar surface area (TPSA) is 114 Å². The first-order valence-electron chi connectivity index (χ1n) is 9.59. The quantitative estimate of drug-likeness (QED) is 0.310. The molecule has 2 rings (SSSR count). The normalized spacial score (nSPS) is 11.7. The van der Waals surface area contributed by atoms with Crippen LogP contribution in [-0.4, -0.2) is 55.5 Å². The Morgan fingerprint density at radius 1 is 1.23 bits per heavy atom. The van der Waals surface area contributed by atoms with Crippen LogP contribution >= 0.6 is 11.6 Å². The Labute approximate surface area is 185 Å². The molecule has 166 valence electrons. The van der Waals surface area contributed by atoms with Gasteiger partial charge in [0, 0.05) is 32.0 Å². The molecule has 0 saturated heterocycles. The standard InChI is InChI=1S/C21H25ClN4O5/c1-25(14-19(27)23-11-6-12-31-2)20(15-7-4-3-5-8-15)21(28)24-16-9-10-17(22)18(13-16)26(29)30/h3-5,7-10,13,20H,6,11-12,14H2,1-2H3,(H,23,27)(H,24,28). The molecule has 0 spiro atoms. The maximum atomic E-state index is 13.1. The van der Waals surface area contributed by atoms with Crippen LogP contribution < -0.4 is 10.6 Å². The number of nitrogens with one attached hydrogen (secondary N) is 2. The first-order chi connectivity index (χ1) is 14.8. The van der Waals surface area contributed by atoms with Crippen LogP contribution in [0.3, 0.4) is 0 Å². The average Bonchev–Trinajstić information content (AvgIpc) is 2.73. The fraction of sp³-hybridized carbons (Fsp3) is 0.333. The molecule has 0 aliphatic carbocycles. The first kappa shape index (κ1) is 24.3. The minimum Gasteiger partial charge on any atom is -0.385 e. The van der Waals surface area contributed by atoms with Crippen LogP contribution in [-0.2, 0) is 14.3 Å². The number of benzene rings is 2. The van der Waals surface area contributed by atoms with Gasteiger partial charge in [0.2, 0.25) is 11.8 Å². The Hall–Kier alpha value is -3.01. The number of likely N-dealkylation sites (N-methyl/N-ethyl adjacent to an activating group) is 1. The highest BCUT2D eigenvalue weighted by molar-refractivity contribution is 6.32. The fourth-order valence-corrected chi connectivity index (χ4v) is 3.19. The Balaban J connectivity index is 2.16. The highest BCUT2D eigenvalue weighted by Gasteiger charge is 2.27. The van der Waals surface area contributed by atoms with Crippen LogP contribution in [0.25, 0.3) is 0 Å². The molecule has 0 bridgehead atoms. The van der Waals surface area contributed by atoms with Crippen molar-refractivity contribution in [1.29, 1.82) is 0 Å². The molecule has 0 aliphatic rings. The lowest BCUT2D eigenvalue weighted by Crippen LogP contribution is -2.41. The van der Waals surface area contributed by atoms with Crippen molar-refractivity contribution in [1.82, 2.24) is 10.2 Å². The molecular weight excluding hydrogens is 424 g/mol. The van der Waals surface area contributed by atoms with Crippen LogP contribution in [0.2, 0.25) is 5.02 Å². The number of hydrogen-bond donors (Lipinski definition) is 2. The maximum absolute atomic E-state index is 13.1. The number of amides is 2. The van der Waals surface area contributed by atoms with Gasteiger partial charge < -0.3 is 15.4 Å². The summed E-state index contributed by atoms with van der Waals surface area (Å²) in [7, 11) is 3.25. The van der Waals surface area contributed by atoms with E-state index in [1.807, 2.05) is 6.07 Å². The number of rotatable bonds is 11. The van der Waals surface area contributed by atoms with Gasteiger partial charge in [-0.3, -0.25) is 24.6 Å². The molecular formula is C21H25ClN4O5. The lowest BCUT2D eigenvalue weighted by Gasteiger charge is -2.27. The van der Waals surface area contributed by atoms with Gasteiger partial charge in [0.15, 0.2) is 0 Å². The third-order valence-corrected chi connectivity index (χ3v) is 4.77. The number of anilines is 1. The minimum atomic E-state index is -0.791. The van der Waals surface area contributed by atoms with Gasteiger partial charge >= 0.3 is 0 Å². The van der Waals surface area contributed by atoms with Crippen molar-refractivity contribution >= 4 is 34.8 Å². The molecule has 2 aromatic rings. The lowest BCUT2D eigenvalue weighted by atomic mass is 10.0. The fourth-order valence-electron chi connectivity index (χ4n) is 3.00. The van der Waals surface area contributed by atoms with Gasteiger partial charge in [0.05, 0.1) is 11.5 Å². The number of ether oxygens (including phenoxy) is 1. The number of halogens is 1. The van der Waals surface area contributed by atoms with Crippen molar-refractivity contribution in [2.45, 2.75) is 12.5 Å². The predicted octanol–water partition coefficient (Wildman–Crippen LogP) is 3.01. The third-order valence-electron chi connectivity index (χ3n) is 4.46. The SMILES string of the molecule is COCCCNC(=O)CN(C)C(C(=O)Nc1ccc(Cl)c([N+](=O)[O-])c1)c1ccccc1. The van der Waals surface area contributed by atoms with E-state index in [-0.39, 0.29) is 28.8 Å². The van der Waals surface area contributed by atoms with E-state index in [0.717, 1.165) is 0 Å². The highest BCUT2D eigenvalue weighted by Crippen LogP contribution is 2.28. The molecule has 0 saturated carbocycles. The number of nitrogens with zero attached hydrogens (tertiary/aromatic N) is 2. The summed E-state index contributed by atoms with van der Waals surface area (Å²) in [5.74, 6) is -0.660.